The molecule has 3 heterocycles. The molecule has 3 aromatic heterocycles. The molecule has 180 valence electrons. The molecule has 2 aromatic carbocycles. The number of hydrogen-bond donors (Lipinski definition) is 0. The van der Waals surface area contributed by atoms with Gasteiger partial charge in [0.25, 0.3) is 0 Å². The van der Waals surface area contributed by atoms with Gasteiger partial charge in [-0.1, -0.05) is 37.3 Å². The van der Waals surface area contributed by atoms with Gasteiger partial charge in [0.05, 0.1) is 11.7 Å². The van der Waals surface area contributed by atoms with E-state index in [1.807, 2.05) is 37.3 Å². The minimum Gasteiger partial charge on any atom is -0.211 e. The summed E-state index contributed by atoms with van der Waals surface area (Å²) in [7, 11) is 0. The third-order valence-corrected chi connectivity index (χ3v) is 10.1. The Labute approximate surface area is 233 Å². The molecule has 0 saturated carbocycles. The van der Waals surface area contributed by atoms with E-state index in [2.05, 4.69) is 55.6 Å². The Hall–Kier alpha value is -2.27. The van der Waals surface area contributed by atoms with E-state index >= 15 is 0 Å². The van der Waals surface area contributed by atoms with Crippen LogP contribution in [0.2, 0.25) is 0 Å². The lowest BCUT2D eigenvalue weighted by Crippen LogP contribution is -1.99. The summed E-state index contributed by atoms with van der Waals surface area (Å²) < 4.78 is 39.5. The van der Waals surface area contributed by atoms with Gasteiger partial charge in [0.1, 0.15) is 22.7 Å². The van der Waals surface area contributed by atoms with E-state index in [1.165, 1.54) is 11.7 Å². The van der Waals surface area contributed by atoms with Gasteiger partial charge in [0.15, 0.2) is 0 Å². The van der Waals surface area contributed by atoms with Crippen molar-refractivity contribution in [2.24, 2.45) is 0 Å². The third kappa shape index (κ3) is 4.38. The first-order valence-corrected chi connectivity index (χ1v) is 14.9. The van der Waals surface area contributed by atoms with Crippen LogP contribution in [0, 0.1) is 5.82 Å². The lowest BCUT2D eigenvalue weighted by Gasteiger charge is -2.15. The van der Waals surface area contributed by atoms with Gasteiger partial charge < -0.3 is 0 Å². The molecular formula is C28H19F2IN2S3. The summed E-state index contributed by atoms with van der Waals surface area (Å²) >= 11 is 6.51. The first-order chi connectivity index (χ1) is 17.5. The van der Waals surface area contributed by atoms with Crippen LogP contribution in [0.1, 0.15) is 29.7 Å². The van der Waals surface area contributed by atoms with Crippen molar-refractivity contribution in [3.8, 4) is 31.3 Å². The second-order valence-corrected chi connectivity index (χ2v) is 12.5. The molecular weight excluding hydrogens is 625 g/mol. The van der Waals surface area contributed by atoms with Crippen LogP contribution in [0.5, 0.6) is 0 Å². The number of rotatable bonds is 5. The fourth-order valence-corrected chi connectivity index (χ4v) is 7.78. The number of benzene rings is 2. The van der Waals surface area contributed by atoms with Crippen LogP contribution < -0.4 is 0 Å². The van der Waals surface area contributed by atoms with Crippen molar-refractivity contribution < 1.29 is 8.78 Å². The van der Waals surface area contributed by atoms with E-state index in [9.17, 15) is 8.78 Å². The number of hydrogen-bond acceptors (Lipinski definition) is 5. The van der Waals surface area contributed by atoms with Crippen molar-refractivity contribution in [1.29, 1.82) is 0 Å². The lowest BCUT2D eigenvalue weighted by atomic mass is 9.98. The van der Waals surface area contributed by atoms with Crippen molar-refractivity contribution in [2.75, 3.05) is 0 Å². The van der Waals surface area contributed by atoms with Crippen LogP contribution in [0.25, 0.3) is 42.4 Å². The molecule has 1 unspecified atom stereocenters. The quantitative estimate of drug-likeness (QED) is 0.178. The van der Waals surface area contributed by atoms with Crippen molar-refractivity contribution in [3.63, 3.8) is 0 Å². The van der Waals surface area contributed by atoms with Gasteiger partial charge in [0, 0.05) is 45.7 Å². The maximum Gasteiger partial charge on any atom is 0.132 e. The molecule has 0 aliphatic heterocycles. The molecule has 8 heteroatoms. The molecule has 1 aliphatic carbocycles. The first kappa shape index (κ1) is 24.1. The largest absolute Gasteiger partial charge is 0.211 e. The zero-order chi connectivity index (χ0) is 24.8. The maximum absolute atomic E-state index is 14.7. The molecule has 1 aliphatic rings. The van der Waals surface area contributed by atoms with Gasteiger partial charge in [-0.05, 0) is 77.4 Å². The third-order valence-electron chi connectivity index (χ3n) is 6.39. The number of allylic oxidation sites excluding steroid dienone is 4. The molecule has 0 spiro atoms. The van der Waals surface area contributed by atoms with E-state index in [-0.39, 0.29) is 17.6 Å². The molecule has 36 heavy (non-hydrogen) atoms. The molecule has 2 nitrogen and oxygen atoms in total. The Kier molecular flexibility index (Phi) is 6.62. The second kappa shape index (κ2) is 9.89. The van der Waals surface area contributed by atoms with Crippen LogP contribution >= 0.6 is 57.0 Å². The smallest absolute Gasteiger partial charge is 0.132 e. The fraction of sp³-hybridized carbons (Fsp3) is 0.143. The number of nitrogens with zero attached hydrogens (tertiary/aromatic N) is 2. The number of thiophene rings is 2. The van der Waals surface area contributed by atoms with Gasteiger partial charge in [0.2, 0.25) is 0 Å². The average Bonchev–Trinajstić information content (AvgIpc) is 3.64. The zero-order valence-corrected chi connectivity index (χ0v) is 23.7. The Morgan fingerprint density at radius 1 is 0.861 bits per heavy atom. The molecule has 0 radical (unpaired) electrons. The monoisotopic (exact) mass is 644 g/mol. The van der Waals surface area contributed by atoms with Gasteiger partial charge in [-0.15, -0.1) is 22.7 Å². The Morgan fingerprint density at radius 2 is 1.50 bits per heavy atom. The van der Waals surface area contributed by atoms with Crippen LogP contribution in [0.15, 0.2) is 76.2 Å². The van der Waals surface area contributed by atoms with Crippen molar-refractivity contribution in [3.05, 3.63) is 92.4 Å². The van der Waals surface area contributed by atoms with Crippen molar-refractivity contribution in [2.45, 2.75) is 25.7 Å². The Balaban J connectivity index is 1.35. The summed E-state index contributed by atoms with van der Waals surface area (Å²) in [6.07, 6.45) is 5.17. The molecule has 0 fully saturated rings. The predicted molar refractivity (Wildman–Crippen MR) is 157 cm³/mol. The van der Waals surface area contributed by atoms with E-state index in [4.69, 9.17) is 0 Å². The van der Waals surface area contributed by atoms with Crippen LogP contribution in [-0.2, 0) is 6.42 Å². The lowest BCUT2D eigenvalue weighted by molar-refractivity contribution is 0.545. The highest BCUT2D eigenvalue weighted by molar-refractivity contribution is 14.1. The number of aromatic nitrogens is 2. The summed E-state index contributed by atoms with van der Waals surface area (Å²) in [5, 5.41) is 0. The molecule has 0 N–H and O–H groups in total. The van der Waals surface area contributed by atoms with Gasteiger partial charge >= 0.3 is 0 Å². The summed E-state index contributed by atoms with van der Waals surface area (Å²) in [6.45, 7) is 2.02. The van der Waals surface area contributed by atoms with Crippen molar-refractivity contribution in [1.82, 2.24) is 8.75 Å². The Morgan fingerprint density at radius 3 is 2.17 bits per heavy atom. The van der Waals surface area contributed by atoms with Crippen LogP contribution in [0.3, 0.4) is 0 Å². The van der Waals surface area contributed by atoms with Crippen molar-refractivity contribution >= 4 is 68.0 Å². The first-order valence-electron chi connectivity index (χ1n) is 11.5. The van der Waals surface area contributed by atoms with E-state index in [1.54, 1.807) is 34.8 Å². The normalized spacial score (nSPS) is 15.8. The van der Waals surface area contributed by atoms with Gasteiger partial charge in [-0.3, -0.25) is 0 Å². The SMILES string of the molecule is CCc1ccc(-c2ccc(-c3ccc(-c4ccc(C5CC=C(I)C=C5F)s4)c4nsnc34)s2)c(F)c1. The molecule has 0 saturated heterocycles. The summed E-state index contributed by atoms with van der Waals surface area (Å²) in [5.74, 6) is -0.496. The molecule has 6 rings (SSSR count). The summed E-state index contributed by atoms with van der Waals surface area (Å²) in [4.78, 5) is 3.98. The fourth-order valence-electron chi connectivity index (χ4n) is 4.44. The van der Waals surface area contributed by atoms with Crippen LogP contribution in [0.4, 0.5) is 8.78 Å². The molecule has 5 aromatic rings. The topological polar surface area (TPSA) is 25.8 Å². The van der Waals surface area contributed by atoms with Crippen LogP contribution in [-0.4, -0.2) is 8.75 Å². The zero-order valence-electron chi connectivity index (χ0n) is 19.1. The minimum absolute atomic E-state index is 0.0830. The summed E-state index contributed by atoms with van der Waals surface area (Å²) in [6, 6.07) is 17.7. The minimum atomic E-state index is -0.220. The maximum atomic E-state index is 14.7. The second-order valence-electron chi connectivity index (χ2n) is 8.56. The highest BCUT2D eigenvalue weighted by atomic mass is 127. The highest BCUT2D eigenvalue weighted by Crippen LogP contribution is 2.44. The molecule has 1 atom stereocenters. The number of halogens is 3. The van der Waals surface area contributed by atoms with E-state index in [0.29, 0.717) is 12.0 Å². The van der Waals surface area contributed by atoms with Gasteiger partial charge in [-0.2, -0.15) is 8.75 Å². The predicted octanol–water partition coefficient (Wildman–Crippen LogP) is 10.2. The standard InChI is InChI=1S/C28H19F2IN2S3/c1-2-15-3-5-17(21(29)13-15)23-9-11-25(34-23)19-7-8-20(28-27(19)32-36-33-28)26-12-10-24(35-26)18-6-4-16(31)14-22(18)30/h3-5,7-14,18H,2,6H2,1H3. The highest BCUT2D eigenvalue weighted by Gasteiger charge is 2.23. The Bertz CT molecular complexity index is 1660. The van der Waals surface area contributed by atoms with E-state index in [0.717, 1.165) is 57.2 Å². The molecule has 0 amide bonds. The number of fused-ring (bicyclic) bond motifs is 1. The number of aryl methyl sites for hydroxylation is 1. The van der Waals surface area contributed by atoms with E-state index < -0.39 is 0 Å². The molecule has 0 bridgehead atoms. The van der Waals surface area contributed by atoms with Gasteiger partial charge in [-0.25, -0.2) is 8.78 Å². The average molecular weight is 645 g/mol. The summed E-state index contributed by atoms with van der Waals surface area (Å²) in [5.41, 5.74) is 5.28.